The Bertz CT molecular complexity index is 4210. The molecule has 0 saturated carbocycles. The summed E-state index contributed by atoms with van der Waals surface area (Å²) in [5.41, 5.74) is -0.641. The van der Waals surface area contributed by atoms with E-state index in [0.717, 1.165) is 122 Å². The summed E-state index contributed by atoms with van der Waals surface area (Å²) in [5.74, 6) is -19.4. The van der Waals surface area contributed by atoms with Crippen LogP contribution in [0.25, 0.3) is 0 Å². The number of rotatable bonds is 32. The Balaban J connectivity index is 1.24. The van der Waals surface area contributed by atoms with E-state index in [1.165, 1.54) is 24.3 Å². The fraction of sp³-hybridized carbons (Fsp3) is 0.608. The largest absolute Gasteiger partial charge is 0.463 e. The maximum atomic E-state index is 14.0. The van der Waals surface area contributed by atoms with Gasteiger partial charge in [0.2, 0.25) is 12.4 Å². The van der Waals surface area contributed by atoms with Gasteiger partial charge in [-0.3, -0.25) is 96.5 Å². The highest BCUT2D eigenvalue weighted by molar-refractivity contribution is 6.32. The van der Waals surface area contributed by atoms with E-state index in [1.807, 2.05) is 0 Å². The summed E-state index contributed by atoms with van der Waals surface area (Å²) in [4.78, 5) is 239. The molecule has 121 heavy (non-hydrogen) atoms. The Morgan fingerprint density at radius 3 is 0.826 bits per heavy atom. The van der Waals surface area contributed by atoms with Crippen LogP contribution >= 0.6 is 11.6 Å². The molecule has 8 rings (SSSR count). The number of benzene rings is 2. The summed E-state index contributed by atoms with van der Waals surface area (Å²) < 4.78 is 150. The van der Waals surface area contributed by atoms with Gasteiger partial charge in [-0.2, -0.15) is 0 Å². The molecule has 6 heterocycles. The molecule has 664 valence electrons. The van der Waals surface area contributed by atoms with Crippen molar-refractivity contribution >= 4 is 119 Å². The third-order valence-electron chi connectivity index (χ3n) is 17.9. The second-order valence-corrected chi connectivity index (χ2v) is 27.8. The molecular weight excluding hydrogens is 1660 g/mol. The number of nitro benzene ring substituents is 1. The zero-order chi connectivity index (χ0) is 89.5. The lowest BCUT2D eigenvalue weighted by Gasteiger charge is -2.51. The van der Waals surface area contributed by atoms with Gasteiger partial charge in [0.05, 0.1) is 27.6 Å². The Morgan fingerprint density at radius 2 is 0.570 bits per heavy atom. The van der Waals surface area contributed by atoms with Crippen molar-refractivity contribution in [1.29, 1.82) is 0 Å². The minimum absolute atomic E-state index is 0.0681. The first-order valence-corrected chi connectivity index (χ1v) is 37.2. The molecule has 0 radical (unpaired) electrons. The zero-order valence-electron chi connectivity index (χ0n) is 67.2. The van der Waals surface area contributed by atoms with E-state index in [1.54, 1.807) is 0 Å². The van der Waals surface area contributed by atoms with Gasteiger partial charge >= 0.3 is 89.5 Å². The van der Waals surface area contributed by atoms with Crippen LogP contribution in [0.1, 0.15) is 125 Å². The van der Waals surface area contributed by atoms with Gasteiger partial charge in [0, 0.05) is 116 Å². The lowest BCUT2D eigenvalue weighted by molar-refractivity contribution is -0.392. The highest BCUT2D eigenvalue weighted by atomic mass is 35.5. The molecule has 0 N–H and O–H groups in total. The Labute approximate surface area is 690 Å². The molecular formula is C74H87ClN2O44. The quantitative estimate of drug-likeness (QED) is 0.0318. The van der Waals surface area contributed by atoms with Crippen molar-refractivity contribution in [2.24, 2.45) is 0 Å². The van der Waals surface area contributed by atoms with Gasteiger partial charge in [-0.15, -0.1) is 0 Å². The SMILES string of the molecule is CC(=O)OC[C@H]1O[C@@H](Oc2ccc([N+](=O)[O-])cc2Cl)[C@H](OC(C)=O)[C@@H](OC(C)=O)[C@@H]1O[C@H]1O[C@H](COC(C)=O)[C@@H](O[C@H]2O[C@H](COC(C)=O)[C@@H](O[C@H]3O[C@H](COC(C)=O)[C@@H](O[C@H]4O[C@H](CN5C(=O)c6ccccc6C5=O)[C@@H](OC(C)=O)[C@H](OC(C)=O)[C@H]4OC(C)=O)[C@H](OC(C)=O)[C@H]3OC(C)=O)[C@H](OC(C)=O)[C@H]2OC(C)=O)[C@H](OC(C)=O)[C@H]1OC(C)=O. The number of nitrogens with zero attached hydrogens (tertiary/aromatic N) is 2. The average Bonchev–Trinajstić information content (AvgIpc) is 0.974. The summed E-state index contributed by atoms with van der Waals surface area (Å²) in [5, 5.41) is 11.3. The van der Waals surface area contributed by atoms with Gasteiger partial charge in [0.1, 0.15) is 87.1 Å². The van der Waals surface area contributed by atoms with Crippen LogP contribution in [-0.2, 0) is 186 Å². The maximum Gasteiger partial charge on any atom is 0.303 e. The molecule has 0 spiro atoms. The first-order valence-electron chi connectivity index (χ1n) is 36.8. The van der Waals surface area contributed by atoms with Crippen LogP contribution in [0, 0.1) is 10.1 Å². The van der Waals surface area contributed by atoms with E-state index >= 15 is 0 Å². The molecule has 0 bridgehead atoms. The van der Waals surface area contributed by atoms with Crippen LogP contribution in [0.3, 0.4) is 0 Å². The molecule has 6 aliphatic heterocycles. The van der Waals surface area contributed by atoms with Gasteiger partial charge in [-0.25, -0.2) is 0 Å². The fourth-order valence-electron chi connectivity index (χ4n) is 13.6. The lowest BCUT2D eigenvalue weighted by Crippen LogP contribution is -2.70. The van der Waals surface area contributed by atoms with E-state index < -0.39 is 303 Å². The second-order valence-electron chi connectivity index (χ2n) is 27.4. The van der Waals surface area contributed by atoms with Crippen molar-refractivity contribution in [1.82, 2.24) is 4.90 Å². The van der Waals surface area contributed by atoms with Crippen molar-refractivity contribution in [2.45, 2.75) is 257 Å². The Kier molecular flexibility index (Phi) is 33.3. The number of imide groups is 1. The van der Waals surface area contributed by atoms with Crippen molar-refractivity contribution in [2.75, 3.05) is 33.0 Å². The van der Waals surface area contributed by atoms with Crippen molar-refractivity contribution in [3.8, 4) is 5.75 Å². The second kappa shape index (κ2) is 42.3. The fourth-order valence-corrected chi connectivity index (χ4v) is 13.9. The molecule has 0 unspecified atom stereocenters. The molecule has 6 aliphatic rings. The number of nitro groups is 1. The monoisotopic (exact) mass is 1740 g/mol. The highest BCUT2D eigenvalue weighted by Crippen LogP contribution is 2.43. The van der Waals surface area contributed by atoms with E-state index in [0.29, 0.717) is 4.90 Å². The molecule has 2 aromatic rings. The predicted octanol–water partition coefficient (Wildman–Crippen LogP) is 0.590. The third kappa shape index (κ3) is 25.4. The van der Waals surface area contributed by atoms with Crippen LogP contribution in [0.4, 0.5) is 5.69 Å². The van der Waals surface area contributed by atoms with Crippen molar-refractivity contribution in [3.05, 3.63) is 68.7 Å². The van der Waals surface area contributed by atoms with Gasteiger partial charge in [-0.1, -0.05) is 23.7 Å². The van der Waals surface area contributed by atoms with Gasteiger partial charge < -0.3 is 118 Å². The summed E-state index contributed by atoms with van der Waals surface area (Å²) in [6.07, 6.45) is -53.3. The standard InChI is InChI=1S/C74H87ClN2O44/c1-28(78)97-24-49-54(59(103-34(7)84)63(107-38(11)88)70(114-49)112-47-21-20-43(77(95)96)22-46(47)75)119-72-66(110-41(14)91)61(105-36(9)86)56(51(116-72)26-99-30(3)80)121-74-67(111-42(15)92)62(106-37(10)87)57(52(117-74)27-100-31(4)81)120-73-65(109-40(13)90)60(104-35(8)85)55(50(115-73)25-98-29(2)79)118-71-64(108-39(12)89)58(102-33(6)83)53(101-32(5)82)48(113-71)23-76-68(93)44-18-16-17-19-45(44)69(76)94/h16-22,48-67,70-74H,23-27H2,1-15H3/t48-,49-,50-,51-,52-,53-,54-,55-,56-,57-,58+,59+,60+,61+,62+,63-,64-,65-,66-,67-,70-,71-,72-,73-,74-/m1/s1. The number of hydrogen-bond donors (Lipinski definition) is 0. The first kappa shape index (κ1) is 95.2. The summed E-state index contributed by atoms with van der Waals surface area (Å²) in [6.45, 7) is 8.33. The number of amides is 2. The van der Waals surface area contributed by atoms with Crippen LogP contribution in [0.15, 0.2) is 42.5 Å². The van der Waals surface area contributed by atoms with Crippen LogP contribution in [0.2, 0.25) is 5.02 Å². The number of hydrogen-bond acceptors (Lipinski definition) is 44. The van der Waals surface area contributed by atoms with E-state index in [9.17, 15) is 91.6 Å². The smallest absolute Gasteiger partial charge is 0.303 e. The third-order valence-corrected chi connectivity index (χ3v) is 18.2. The molecule has 5 fully saturated rings. The number of carbonyl (C=O) groups excluding carboxylic acids is 17. The van der Waals surface area contributed by atoms with Crippen LogP contribution < -0.4 is 4.74 Å². The van der Waals surface area contributed by atoms with Crippen LogP contribution in [-0.4, -0.2) is 298 Å². The molecule has 0 aromatic heterocycles. The van der Waals surface area contributed by atoms with Gasteiger partial charge in [0.25, 0.3) is 17.5 Å². The molecule has 5 saturated heterocycles. The average molecular weight is 1740 g/mol. The van der Waals surface area contributed by atoms with E-state index in [4.69, 9.17) is 130 Å². The number of halogens is 1. The molecule has 0 aliphatic carbocycles. The summed E-state index contributed by atoms with van der Waals surface area (Å²) in [6, 6.07) is 8.50. The summed E-state index contributed by atoms with van der Waals surface area (Å²) >= 11 is 6.42. The maximum absolute atomic E-state index is 14.0. The summed E-state index contributed by atoms with van der Waals surface area (Å²) in [7, 11) is 0. The topological polar surface area (TPSA) is 567 Å². The normalized spacial score (nSPS) is 30.4. The number of non-ortho nitro benzene ring substituents is 1. The zero-order valence-corrected chi connectivity index (χ0v) is 68.0. The number of carbonyl (C=O) groups is 17. The minimum atomic E-state index is -2.40. The molecule has 46 nitrogen and oxygen atoms in total. The van der Waals surface area contributed by atoms with Crippen molar-refractivity contribution in [3.63, 3.8) is 0 Å². The number of ether oxygens (including phenoxy) is 25. The molecule has 47 heteroatoms. The van der Waals surface area contributed by atoms with Crippen molar-refractivity contribution < 1.29 is 205 Å². The molecule has 2 amide bonds. The minimum Gasteiger partial charge on any atom is -0.463 e. The predicted molar refractivity (Wildman–Crippen MR) is 381 cm³/mol. The highest BCUT2D eigenvalue weighted by Gasteiger charge is 2.64. The van der Waals surface area contributed by atoms with Gasteiger partial charge in [0.15, 0.2) is 86.2 Å². The number of fused-ring (bicyclic) bond motifs is 1. The lowest BCUT2D eigenvalue weighted by atomic mass is 9.94. The van der Waals surface area contributed by atoms with E-state index in [2.05, 4.69) is 0 Å². The van der Waals surface area contributed by atoms with Gasteiger partial charge in [-0.05, 0) is 18.2 Å². The molecule has 25 atom stereocenters. The Hall–Kier alpha value is -11.2. The molecule has 2 aromatic carbocycles. The number of esters is 15. The van der Waals surface area contributed by atoms with Crippen LogP contribution in [0.5, 0.6) is 5.75 Å². The first-order chi connectivity index (χ1) is 56.9. The Morgan fingerprint density at radius 1 is 0.331 bits per heavy atom. The van der Waals surface area contributed by atoms with E-state index in [-0.39, 0.29) is 16.9 Å².